The zero-order chi connectivity index (χ0) is 13.0. The number of hydrogen-bond acceptors (Lipinski definition) is 2. The predicted octanol–water partition coefficient (Wildman–Crippen LogP) is 4.07. The summed E-state index contributed by atoms with van der Waals surface area (Å²) < 4.78 is 5.85. The molecule has 96 valence electrons. The van der Waals surface area contributed by atoms with Crippen LogP contribution in [0, 0.1) is 30.1 Å². The van der Waals surface area contributed by atoms with Crippen LogP contribution in [0.4, 0.5) is 0 Å². The zero-order valence-electron chi connectivity index (χ0n) is 11.3. The van der Waals surface area contributed by atoms with Gasteiger partial charge >= 0.3 is 0 Å². The largest absolute Gasteiger partial charge is 0.493 e. The van der Waals surface area contributed by atoms with Crippen LogP contribution in [-0.4, -0.2) is 6.61 Å². The molecule has 1 aromatic rings. The number of nitrogens with zero attached hydrogens (tertiary/aromatic N) is 1. The molecule has 0 saturated heterocycles. The van der Waals surface area contributed by atoms with Crippen LogP contribution in [0.1, 0.15) is 43.7 Å². The van der Waals surface area contributed by atoms with Crippen molar-refractivity contribution >= 4 is 0 Å². The number of aryl methyl sites for hydroxylation is 1. The standard InChI is InChI=1S/C16H21NO/c1-12-3-5-14(6-4-12)11-18-16-8-7-15(10-17)13(2)9-16/h7-9,12,14H,3-6,11H2,1-2H3. The quantitative estimate of drug-likeness (QED) is 0.801. The van der Waals surface area contributed by atoms with E-state index >= 15 is 0 Å². The Kier molecular flexibility index (Phi) is 4.25. The SMILES string of the molecule is Cc1cc(OCC2CCC(C)CC2)ccc1C#N. The van der Waals surface area contributed by atoms with Crippen molar-refractivity contribution in [3.05, 3.63) is 29.3 Å². The Balaban J connectivity index is 1.87. The molecular weight excluding hydrogens is 222 g/mol. The second-order valence-corrected chi connectivity index (χ2v) is 5.53. The van der Waals surface area contributed by atoms with E-state index in [2.05, 4.69) is 13.0 Å². The van der Waals surface area contributed by atoms with Crippen molar-refractivity contribution in [3.8, 4) is 11.8 Å². The molecule has 18 heavy (non-hydrogen) atoms. The van der Waals surface area contributed by atoms with Crippen molar-refractivity contribution in [1.82, 2.24) is 0 Å². The number of ether oxygens (including phenoxy) is 1. The third kappa shape index (κ3) is 3.26. The molecule has 1 aromatic carbocycles. The highest BCUT2D eigenvalue weighted by Crippen LogP contribution is 2.29. The summed E-state index contributed by atoms with van der Waals surface area (Å²) in [6.45, 7) is 5.10. The Labute approximate surface area is 110 Å². The van der Waals surface area contributed by atoms with Gasteiger partial charge in [-0.2, -0.15) is 5.26 Å². The second kappa shape index (κ2) is 5.91. The average Bonchev–Trinajstić information content (AvgIpc) is 2.38. The molecule has 2 rings (SSSR count). The molecule has 0 N–H and O–H groups in total. The monoisotopic (exact) mass is 243 g/mol. The third-order valence-corrected chi connectivity index (χ3v) is 3.94. The van der Waals surface area contributed by atoms with Gasteiger partial charge in [0.15, 0.2) is 0 Å². The topological polar surface area (TPSA) is 33.0 Å². The molecule has 0 atom stereocenters. The first-order valence-electron chi connectivity index (χ1n) is 6.82. The number of benzene rings is 1. The first-order valence-corrected chi connectivity index (χ1v) is 6.82. The lowest BCUT2D eigenvalue weighted by Crippen LogP contribution is -2.18. The minimum Gasteiger partial charge on any atom is -0.493 e. The van der Waals surface area contributed by atoms with E-state index in [0.717, 1.165) is 29.4 Å². The fourth-order valence-corrected chi connectivity index (χ4v) is 2.56. The van der Waals surface area contributed by atoms with Crippen molar-refractivity contribution < 1.29 is 4.74 Å². The van der Waals surface area contributed by atoms with Crippen molar-refractivity contribution in [2.24, 2.45) is 11.8 Å². The minimum atomic E-state index is 0.706. The first-order chi connectivity index (χ1) is 8.69. The van der Waals surface area contributed by atoms with E-state index in [9.17, 15) is 0 Å². The molecule has 0 heterocycles. The van der Waals surface area contributed by atoms with Gasteiger partial charge in [-0.05, 0) is 55.4 Å². The van der Waals surface area contributed by atoms with E-state index in [1.807, 2.05) is 25.1 Å². The summed E-state index contributed by atoms with van der Waals surface area (Å²) in [5.74, 6) is 2.49. The van der Waals surface area contributed by atoms with Crippen molar-refractivity contribution in [3.63, 3.8) is 0 Å². The highest BCUT2D eigenvalue weighted by atomic mass is 16.5. The molecule has 0 radical (unpaired) electrons. The molecule has 0 bridgehead atoms. The van der Waals surface area contributed by atoms with Crippen LogP contribution in [0.2, 0.25) is 0 Å². The van der Waals surface area contributed by atoms with Gasteiger partial charge in [-0.1, -0.05) is 19.8 Å². The lowest BCUT2D eigenvalue weighted by molar-refractivity contribution is 0.188. The zero-order valence-corrected chi connectivity index (χ0v) is 11.3. The van der Waals surface area contributed by atoms with Crippen LogP contribution >= 0.6 is 0 Å². The molecule has 1 aliphatic rings. The summed E-state index contributed by atoms with van der Waals surface area (Å²) in [5.41, 5.74) is 1.72. The summed E-state index contributed by atoms with van der Waals surface area (Å²) >= 11 is 0. The molecule has 0 unspecified atom stereocenters. The van der Waals surface area contributed by atoms with Crippen LogP contribution in [0.15, 0.2) is 18.2 Å². The maximum absolute atomic E-state index is 8.88. The summed E-state index contributed by atoms with van der Waals surface area (Å²) in [7, 11) is 0. The highest BCUT2D eigenvalue weighted by molar-refractivity contribution is 5.41. The summed E-state index contributed by atoms with van der Waals surface area (Å²) in [6, 6.07) is 7.88. The molecule has 1 saturated carbocycles. The molecule has 0 spiro atoms. The van der Waals surface area contributed by atoms with Crippen LogP contribution in [0.25, 0.3) is 0 Å². The van der Waals surface area contributed by atoms with Crippen molar-refractivity contribution in [2.75, 3.05) is 6.61 Å². The molecular formula is C16H21NO. The molecule has 1 aliphatic carbocycles. The number of rotatable bonds is 3. The van der Waals surface area contributed by atoms with Gasteiger partial charge in [0.1, 0.15) is 5.75 Å². The fourth-order valence-electron chi connectivity index (χ4n) is 2.56. The smallest absolute Gasteiger partial charge is 0.119 e. The van der Waals surface area contributed by atoms with E-state index in [4.69, 9.17) is 10.00 Å². The maximum Gasteiger partial charge on any atom is 0.119 e. The third-order valence-electron chi connectivity index (χ3n) is 3.94. The highest BCUT2D eigenvalue weighted by Gasteiger charge is 2.18. The Morgan fingerprint density at radius 1 is 1.28 bits per heavy atom. The Morgan fingerprint density at radius 3 is 2.61 bits per heavy atom. The van der Waals surface area contributed by atoms with Crippen LogP contribution in [0.5, 0.6) is 5.75 Å². The normalized spacial score (nSPS) is 23.4. The van der Waals surface area contributed by atoms with E-state index in [1.54, 1.807) is 0 Å². The fraction of sp³-hybridized carbons (Fsp3) is 0.562. The van der Waals surface area contributed by atoms with Gasteiger partial charge in [-0.3, -0.25) is 0 Å². The first kappa shape index (κ1) is 13.0. The number of hydrogen-bond donors (Lipinski definition) is 0. The van der Waals surface area contributed by atoms with Crippen molar-refractivity contribution in [2.45, 2.75) is 39.5 Å². The summed E-state index contributed by atoms with van der Waals surface area (Å²) in [4.78, 5) is 0. The second-order valence-electron chi connectivity index (χ2n) is 5.53. The van der Waals surface area contributed by atoms with E-state index in [1.165, 1.54) is 25.7 Å². The lowest BCUT2D eigenvalue weighted by Gasteiger charge is -2.26. The van der Waals surface area contributed by atoms with Crippen LogP contribution in [0.3, 0.4) is 0 Å². The average molecular weight is 243 g/mol. The number of nitriles is 1. The van der Waals surface area contributed by atoms with Gasteiger partial charge in [0, 0.05) is 0 Å². The Hall–Kier alpha value is -1.49. The summed E-state index contributed by atoms with van der Waals surface area (Å²) in [6.07, 6.45) is 5.24. The molecule has 0 aromatic heterocycles. The van der Waals surface area contributed by atoms with Gasteiger partial charge in [0.05, 0.1) is 18.2 Å². The van der Waals surface area contributed by atoms with Crippen molar-refractivity contribution in [1.29, 1.82) is 5.26 Å². The summed E-state index contributed by atoms with van der Waals surface area (Å²) in [5, 5.41) is 8.88. The molecule has 2 nitrogen and oxygen atoms in total. The van der Waals surface area contributed by atoms with Gasteiger partial charge in [-0.15, -0.1) is 0 Å². The molecule has 0 aliphatic heterocycles. The van der Waals surface area contributed by atoms with Gasteiger partial charge in [0.2, 0.25) is 0 Å². The molecule has 0 amide bonds. The van der Waals surface area contributed by atoms with Gasteiger partial charge in [-0.25, -0.2) is 0 Å². The van der Waals surface area contributed by atoms with E-state index in [-0.39, 0.29) is 0 Å². The van der Waals surface area contributed by atoms with Crippen LogP contribution < -0.4 is 4.74 Å². The van der Waals surface area contributed by atoms with Gasteiger partial charge < -0.3 is 4.74 Å². The minimum absolute atomic E-state index is 0.706. The predicted molar refractivity (Wildman–Crippen MR) is 72.5 cm³/mol. The molecule has 1 fully saturated rings. The lowest BCUT2D eigenvalue weighted by atomic mass is 9.83. The maximum atomic E-state index is 8.88. The van der Waals surface area contributed by atoms with E-state index in [0.29, 0.717) is 5.92 Å². The molecule has 2 heteroatoms. The Morgan fingerprint density at radius 2 is 2.00 bits per heavy atom. The van der Waals surface area contributed by atoms with E-state index < -0.39 is 0 Å². The van der Waals surface area contributed by atoms with Crippen LogP contribution in [-0.2, 0) is 0 Å². The Bertz CT molecular complexity index is 439. The van der Waals surface area contributed by atoms with Gasteiger partial charge in [0.25, 0.3) is 0 Å².